The predicted molar refractivity (Wildman–Crippen MR) is 76.0 cm³/mol. The van der Waals surface area contributed by atoms with Gasteiger partial charge in [-0.2, -0.15) is 0 Å². The normalized spacial score (nSPS) is 10.7. The first kappa shape index (κ1) is 12.3. The van der Waals surface area contributed by atoms with Crippen LogP contribution in [0.5, 0.6) is 0 Å². The van der Waals surface area contributed by atoms with Crippen molar-refractivity contribution in [3.8, 4) is 0 Å². The van der Waals surface area contributed by atoms with E-state index in [0.29, 0.717) is 11.3 Å². The lowest BCUT2D eigenvalue weighted by Crippen LogP contribution is -2.07. The SMILES string of the molecule is Nc1cc2ccccc2cc1C(=O)c1ccncc1F. The Balaban J connectivity index is 2.17. The van der Waals surface area contributed by atoms with E-state index in [4.69, 9.17) is 5.73 Å². The molecule has 3 aromatic rings. The third-order valence-corrected chi connectivity index (χ3v) is 3.18. The van der Waals surface area contributed by atoms with Gasteiger partial charge in [0.05, 0.1) is 11.8 Å². The van der Waals surface area contributed by atoms with Crippen molar-refractivity contribution in [3.05, 3.63) is 71.8 Å². The second kappa shape index (κ2) is 4.74. The van der Waals surface area contributed by atoms with Gasteiger partial charge in [0, 0.05) is 17.4 Å². The van der Waals surface area contributed by atoms with E-state index in [-0.39, 0.29) is 5.56 Å². The fourth-order valence-electron chi connectivity index (χ4n) is 2.16. The van der Waals surface area contributed by atoms with Crippen LogP contribution in [0.2, 0.25) is 0 Å². The van der Waals surface area contributed by atoms with Crippen LogP contribution in [0.25, 0.3) is 10.8 Å². The van der Waals surface area contributed by atoms with Crippen molar-refractivity contribution in [2.75, 3.05) is 5.73 Å². The number of hydrogen-bond acceptors (Lipinski definition) is 3. The fourth-order valence-corrected chi connectivity index (χ4v) is 2.16. The van der Waals surface area contributed by atoms with E-state index < -0.39 is 11.6 Å². The summed E-state index contributed by atoms with van der Waals surface area (Å²) < 4.78 is 13.6. The highest BCUT2D eigenvalue weighted by Gasteiger charge is 2.16. The summed E-state index contributed by atoms with van der Waals surface area (Å²) in [7, 11) is 0. The average Bonchev–Trinajstić information content (AvgIpc) is 2.46. The third-order valence-electron chi connectivity index (χ3n) is 3.18. The lowest BCUT2D eigenvalue weighted by molar-refractivity contribution is 0.103. The molecule has 0 fully saturated rings. The zero-order chi connectivity index (χ0) is 14.1. The minimum Gasteiger partial charge on any atom is -0.398 e. The number of nitrogens with zero attached hydrogens (tertiary/aromatic N) is 1. The van der Waals surface area contributed by atoms with Crippen LogP contribution in [0.15, 0.2) is 54.9 Å². The van der Waals surface area contributed by atoms with Crippen LogP contribution >= 0.6 is 0 Å². The number of pyridine rings is 1. The van der Waals surface area contributed by atoms with E-state index in [1.807, 2.05) is 24.3 Å². The first-order chi connectivity index (χ1) is 9.66. The molecule has 0 aliphatic heterocycles. The quantitative estimate of drug-likeness (QED) is 0.572. The lowest BCUT2D eigenvalue weighted by atomic mass is 9.98. The molecule has 0 atom stereocenters. The lowest BCUT2D eigenvalue weighted by Gasteiger charge is -2.08. The maximum absolute atomic E-state index is 13.6. The van der Waals surface area contributed by atoms with Gasteiger partial charge in [0.25, 0.3) is 0 Å². The van der Waals surface area contributed by atoms with Crippen LogP contribution in [0.3, 0.4) is 0 Å². The molecule has 20 heavy (non-hydrogen) atoms. The molecule has 1 heterocycles. The number of nitrogens with two attached hydrogens (primary N) is 1. The Morgan fingerprint density at radius 3 is 2.45 bits per heavy atom. The molecule has 0 bridgehead atoms. The largest absolute Gasteiger partial charge is 0.398 e. The van der Waals surface area contributed by atoms with Crippen molar-refractivity contribution in [1.29, 1.82) is 0 Å². The number of hydrogen-bond donors (Lipinski definition) is 1. The molecule has 0 aliphatic carbocycles. The number of anilines is 1. The Hall–Kier alpha value is -2.75. The maximum Gasteiger partial charge on any atom is 0.198 e. The highest BCUT2D eigenvalue weighted by atomic mass is 19.1. The number of halogens is 1. The summed E-state index contributed by atoms with van der Waals surface area (Å²) in [6, 6.07) is 12.3. The molecule has 0 spiro atoms. The molecule has 1 aromatic heterocycles. The molecule has 2 N–H and O–H groups in total. The van der Waals surface area contributed by atoms with Crippen LogP contribution in [-0.2, 0) is 0 Å². The van der Waals surface area contributed by atoms with Crippen molar-refractivity contribution in [2.24, 2.45) is 0 Å². The summed E-state index contributed by atoms with van der Waals surface area (Å²) in [6.07, 6.45) is 2.40. The molecule has 0 saturated heterocycles. The molecule has 98 valence electrons. The number of benzene rings is 2. The van der Waals surface area contributed by atoms with Crippen molar-refractivity contribution in [3.63, 3.8) is 0 Å². The van der Waals surface area contributed by atoms with E-state index in [0.717, 1.165) is 17.0 Å². The van der Waals surface area contributed by atoms with Gasteiger partial charge in [-0.25, -0.2) is 4.39 Å². The van der Waals surface area contributed by atoms with Gasteiger partial charge in [0.2, 0.25) is 0 Å². The smallest absolute Gasteiger partial charge is 0.198 e. The molecule has 0 saturated carbocycles. The molecule has 0 unspecified atom stereocenters. The van der Waals surface area contributed by atoms with Gasteiger partial charge in [0.1, 0.15) is 0 Å². The fraction of sp³-hybridized carbons (Fsp3) is 0. The second-order valence-corrected chi connectivity index (χ2v) is 4.47. The number of rotatable bonds is 2. The van der Waals surface area contributed by atoms with Crippen LogP contribution < -0.4 is 5.73 Å². The first-order valence-electron chi connectivity index (χ1n) is 6.09. The van der Waals surface area contributed by atoms with Gasteiger partial charge in [-0.3, -0.25) is 9.78 Å². The van der Waals surface area contributed by atoms with E-state index in [9.17, 15) is 9.18 Å². The van der Waals surface area contributed by atoms with E-state index in [1.54, 1.807) is 12.1 Å². The molecule has 4 heteroatoms. The van der Waals surface area contributed by atoms with Crippen LogP contribution in [0, 0.1) is 5.82 Å². The molecular formula is C16H11FN2O. The van der Waals surface area contributed by atoms with Gasteiger partial charge in [-0.1, -0.05) is 24.3 Å². The highest BCUT2D eigenvalue weighted by molar-refractivity contribution is 6.14. The van der Waals surface area contributed by atoms with Crippen LogP contribution in [0.4, 0.5) is 10.1 Å². The average molecular weight is 266 g/mol. The monoisotopic (exact) mass is 266 g/mol. The summed E-state index contributed by atoms with van der Waals surface area (Å²) in [5.74, 6) is -1.08. The van der Waals surface area contributed by atoms with E-state index in [1.165, 1.54) is 12.3 Å². The summed E-state index contributed by atoms with van der Waals surface area (Å²) in [6.45, 7) is 0. The summed E-state index contributed by atoms with van der Waals surface area (Å²) in [5, 5.41) is 1.83. The Bertz CT molecular complexity index is 814. The molecule has 3 nitrogen and oxygen atoms in total. The molecule has 2 aromatic carbocycles. The number of ketones is 1. The number of fused-ring (bicyclic) bond motifs is 1. The second-order valence-electron chi connectivity index (χ2n) is 4.47. The minimum absolute atomic E-state index is 0.0259. The zero-order valence-corrected chi connectivity index (χ0v) is 10.5. The Labute approximate surface area is 114 Å². The summed E-state index contributed by atoms with van der Waals surface area (Å²) >= 11 is 0. The Kier molecular flexibility index (Phi) is 2.91. The van der Waals surface area contributed by atoms with Gasteiger partial charge < -0.3 is 5.73 Å². The van der Waals surface area contributed by atoms with Crippen molar-refractivity contribution >= 4 is 22.2 Å². The minimum atomic E-state index is -0.648. The van der Waals surface area contributed by atoms with Crippen LogP contribution in [0.1, 0.15) is 15.9 Å². The maximum atomic E-state index is 13.6. The molecule has 3 rings (SSSR count). The first-order valence-corrected chi connectivity index (χ1v) is 6.09. The number of aromatic nitrogens is 1. The van der Waals surface area contributed by atoms with Gasteiger partial charge in [0.15, 0.2) is 11.6 Å². The standard InChI is InChI=1S/C16H11FN2O/c17-14-9-19-6-5-12(14)16(20)13-7-10-3-1-2-4-11(10)8-15(13)18/h1-9H,18H2. The summed E-state index contributed by atoms with van der Waals surface area (Å²) in [5.41, 5.74) is 6.53. The van der Waals surface area contributed by atoms with Crippen LogP contribution in [-0.4, -0.2) is 10.8 Å². The number of carbonyl (C=O) groups is 1. The molecule has 0 aliphatic rings. The topological polar surface area (TPSA) is 56.0 Å². The highest BCUT2D eigenvalue weighted by Crippen LogP contribution is 2.24. The predicted octanol–water partition coefficient (Wildman–Crippen LogP) is 3.19. The van der Waals surface area contributed by atoms with Crippen molar-refractivity contribution in [1.82, 2.24) is 4.98 Å². The van der Waals surface area contributed by atoms with E-state index >= 15 is 0 Å². The summed E-state index contributed by atoms with van der Waals surface area (Å²) in [4.78, 5) is 16.0. The van der Waals surface area contributed by atoms with Gasteiger partial charge >= 0.3 is 0 Å². The van der Waals surface area contributed by atoms with E-state index in [2.05, 4.69) is 4.98 Å². The Morgan fingerprint density at radius 2 is 1.75 bits per heavy atom. The van der Waals surface area contributed by atoms with Gasteiger partial charge in [-0.15, -0.1) is 0 Å². The third kappa shape index (κ3) is 2.01. The van der Waals surface area contributed by atoms with Crippen molar-refractivity contribution in [2.45, 2.75) is 0 Å². The molecule has 0 radical (unpaired) electrons. The molecule has 0 amide bonds. The zero-order valence-electron chi connectivity index (χ0n) is 10.5. The number of nitrogen functional groups attached to an aromatic ring is 1. The Morgan fingerprint density at radius 1 is 1.05 bits per heavy atom. The molecular weight excluding hydrogens is 255 g/mol. The van der Waals surface area contributed by atoms with Crippen molar-refractivity contribution < 1.29 is 9.18 Å². The van der Waals surface area contributed by atoms with Gasteiger partial charge in [-0.05, 0) is 29.0 Å². The number of carbonyl (C=O) groups excluding carboxylic acids is 1.